The van der Waals surface area contributed by atoms with Gasteiger partial charge in [-0.25, -0.2) is 0 Å². The monoisotopic (exact) mass is 361 g/mol. The van der Waals surface area contributed by atoms with Crippen molar-refractivity contribution in [3.05, 3.63) is 64.9 Å². The highest BCUT2D eigenvalue weighted by molar-refractivity contribution is 6.01. The second-order valence-corrected chi connectivity index (χ2v) is 8.38. The maximum atomic E-state index is 13.2. The Morgan fingerprint density at radius 1 is 1.00 bits per heavy atom. The minimum Gasteiger partial charge on any atom is -0.486 e. The van der Waals surface area contributed by atoms with Crippen LogP contribution in [-0.2, 0) is 4.79 Å². The lowest BCUT2D eigenvalue weighted by Crippen LogP contribution is -2.34. The molecule has 0 amide bonds. The Bertz CT molecular complexity index is 959. The molecule has 0 saturated heterocycles. The Morgan fingerprint density at radius 3 is 2.44 bits per heavy atom. The number of hydrogen-bond donors (Lipinski definition) is 1. The van der Waals surface area contributed by atoms with E-state index in [4.69, 9.17) is 9.47 Å². The molecule has 2 aromatic rings. The molecule has 0 aromatic heterocycles. The van der Waals surface area contributed by atoms with Crippen LogP contribution in [0.3, 0.4) is 0 Å². The van der Waals surface area contributed by atoms with E-state index in [0.29, 0.717) is 19.6 Å². The van der Waals surface area contributed by atoms with Gasteiger partial charge in [-0.1, -0.05) is 44.2 Å². The summed E-state index contributed by atoms with van der Waals surface area (Å²) in [7, 11) is 0. The van der Waals surface area contributed by atoms with Gasteiger partial charge in [-0.05, 0) is 29.0 Å². The van der Waals surface area contributed by atoms with Gasteiger partial charge in [-0.15, -0.1) is 0 Å². The highest BCUT2D eigenvalue weighted by Gasteiger charge is 2.41. The van der Waals surface area contributed by atoms with Crippen LogP contribution in [0, 0.1) is 5.41 Å². The van der Waals surface area contributed by atoms with E-state index in [1.54, 1.807) is 0 Å². The van der Waals surface area contributed by atoms with Gasteiger partial charge >= 0.3 is 0 Å². The summed E-state index contributed by atoms with van der Waals surface area (Å²) < 4.78 is 11.6. The quantitative estimate of drug-likeness (QED) is 0.803. The molecule has 4 heteroatoms. The van der Waals surface area contributed by atoms with Crippen LogP contribution in [0.25, 0.3) is 0 Å². The number of anilines is 1. The van der Waals surface area contributed by atoms with E-state index in [-0.39, 0.29) is 17.1 Å². The molecular formula is C23H23NO3. The third-order valence-electron chi connectivity index (χ3n) is 5.65. The van der Waals surface area contributed by atoms with Crippen molar-refractivity contribution < 1.29 is 14.3 Å². The number of benzene rings is 2. The average Bonchev–Trinajstić information content (AvgIpc) is 2.64. The predicted octanol–water partition coefficient (Wildman–Crippen LogP) is 4.66. The number of ether oxygens (including phenoxy) is 2. The van der Waals surface area contributed by atoms with Crippen molar-refractivity contribution in [3.63, 3.8) is 0 Å². The number of carbonyl (C=O) groups excluding carboxylic acids is 1. The van der Waals surface area contributed by atoms with Gasteiger partial charge in [0.1, 0.15) is 13.2 Å². The number of rotatable bonds is 1. The van der Waals surface area contributed by atoms with Gasteiger partial charge < -0.3 is 14.8 Å². The van der Waals surface area contributed by atoms with Crippen LogP contribution >= 0.6 is 0 Å². The van der Waals surface area contributed by atoms with E-state index in [1.165, 1.54) is 0 Å². The maximum Gasteiger partial charge on any atom is 0.163 e. The van der Waals surface area contributed by atoms with E-state index in [1.807, 2.05) is 30.3 Å². The number of fused-ring (bicyclic) bond motifs is 2. The first-order valence-electron chi connectivity index (χ1n) is 9.54. The van der Waals surface area contributed by atoms with Gasteiger partial charge in [0.25, 0.3) is 0 Å². The summed E-state index contributed by atoms with van der Waals surface area (Å²) in [6, 6.07) is 14.4. The molecule has 3 aliphatic rings. The summed E-state index contributed by atoms with van der Waals surface area (Å²) in [5.74, 6) is 1.69. The minimum absolute atomic E-state index is 0.0323. The van der Waals surface area contributed by atoms with E-state index < -0.39 is 0 Å². The van der Waals surface area contributed by atoms with Crippen LogP contribution in [-0.4, -0.2) is 19.0 Å². The molecule has 27 heavy (non-hydrogen) atoms. The van der Waals surface area contributed by atoms with Crippen molar-refractivity contribution in [3.8, 4) is 11.5 Å². The Morgan fingerprint density at radius 2 is 1.70 bits per heavy atom. The number of ketones is 1. The third-order valence-corrected chi connectivity index (χ3v) is 5.65. The number of nitrogens with one attached hydrogen (secondary N) is 1. The van der Waals surface area contributed by atoms with Crippen molar-refractivity contribution in [2.45, 2.75) is 32.6 Å². The first-order valence-corrected chi connectivity index (χ1v) is 9.54. The third kappa shape index (κ3) is 2.71. The summed E-state index contributed by atoms with van der Waals surface area (Å²) in [5.41, 5.74) is 5.15. The van der Waals surface area contributed by atoms with Crippen molar-refractivity contribution in [2.24, 2.45) is 5.41 Å². The molecule has 0 radical (unpaired) electrons. The zero-order valence-electron chi connectivity index (χ0n) is 15.7. The van der Waals surface area contributed by atoms with E-state index in [9.17, 15) is 4.79 Å². The minimum atomic E-state index is -0.0723. The zero-order chi connectivity index (χ0) is 18.6. The molecule has 0 saturated carbocycles. The molecule has 2 aromatic carbocycles. The van der Waals surface area contributed by atoms with Crippen molar-refractivity contribution >= 4 is 11.5 Å². The van der Waals surface area contributed by atoms with Gasteiger partial charge in [-0.3, -0.25) is 4.79 Å². The largest absolute Gasteiger partial charge is 0.486 e. The number of hydrogen-bond acceptors (Lipinski definition) is 4. The SMILES string of the molecule is CC1(C)CC(=O)C2=C(C1)Nc1cc3c(cc1[C@@H]2c1ccccc1)OCCO3. The maximum absolute atomic E-state index is 13.2. The smallest absolute Gasteiger partial charge is 0.163 e. The Hall–Kier alpha value is -2.75. The zero-order valence-corrected chi connectivity index (χ0v) is 15.7. The normalized spacial score (nSPS) is 22.6. The van der Waals surface area contributed by atoms with Crippen molar-refractivity contribution in [1.29, 1.82) is 0 Å². The van der Waals surface area contributed by atoms with Crippen LogP contribution in [0.1, 0.15) is 43.7 Å². The van der Waals surface area contributed by atoms with Gasteiger partial charge in [0.05, 0.1) is 0 Å². The molecule has 0 fully saturated rings. The second-order valence-electron chi connectivity index (χ2n) is 8.38. The fourth-order valence-electron chi connectivity index (χ4n) is 4.54. The first-order chi connectivity index (χ1) is 13.0. The summed E-state index contributed by atoms with van der Waals surface area (Å²) in [6.45, 7) is 5.43. The lowest BCUT2D eigenvalue weighted by Gasteiger charge is -2.40. The second kappa shape index (κ2) is 5.88. The summed E-state index contributed by atoms with van der Waals surface area (Å²) >= 11 is 0. The molecule has 2 heterocycles. The van der Waals surface area contributed by atoms with E-state index in [0.717, 1.165) is 46.0 Å². The molecule has 1 atom stereocenters. The van der Waals surface area contributed by atoms with E-state index >= 15 is 0 Å². The lowest BCUT2D eigenvalue weighted by atomic mass is 9.68. The van der Waals surface area contributed by atoms with E-state index in [2.05, 4.69) is 31.3 Å². The molecule has 4 nitrogen and oxygen atoms in total. The first kappa shape index (κ1) is 16.4. The number of Topliss-reactive ketones (excluding diaryl/α,β-unsaturated/α-hetero) is 1. The molecule has 0 spiro atoms. The van der Waals surface area contributed by atoms with Gasteiger partial charge in [0.2, 0.25) is 0 Å². The van der Waals surface area contributed by atoms with Gasteiger partial charge in [-0.2, -0.15) is 0 Å². The van der Waals surface area contributed by atoms with Crippen LogP contribution < -0.4 is 14.8 Å². The molecule has 5 rings (SSSR count). The summed E-state index contributed by atoms with van der Waals surface area (Å²) in [5, 5.41) is 3.56. The molecule has 2 aliphatic heterocycles. The van der Waals surface area contributed by atoms with Crippen LogP contribution in [0.2, 0.25) is 0 Å². The van der Waals surface area contributed by atoms with Crippen LogP contribution in [0.4, 0.5) is 5.69 Å². The lowest BCUT2D eigenvalue weighted by molar-refractivity contribution is -0.118. The van der Waals surface area contributed by atoms with Gasteiger partial charge in [0, 0.05) is 35.4 Å². The number of carbonyl (C=O) groups is 1. The Labute approximate surface area is 159 Å². The Kier molecular flexibility index (Phi) is 3.58. The molecular weight excluding hydrogens is 338 g/mol. The van der Waals surface area contributed by atoms with Crippen molar-refractivity contribution in [1.82, 2.24) is 0 Å². The topological polar surface area (TPSA) is 47.6 Å². The molecule has 0 unspecified atom stereocenters. The molecule has 1 aliphatic carbocycles. The average molecular weight is 361 g/mol. The highest BCUT2D eigenvalue weighted by Crippen LogP contribution is 2.51. The van der Waals surface area contributed by atoms with Crippen LogP contribution in [0.5, 0.6) is 11.5 Å². The fraction of sp³-hybridized carbons (Fsp3) is 0.348. The predicted molar refractivity (Wildman–Crippen MR) is 104 cm³/mol. The summed E-state index contributed by atoms with van der Waals surface area (Å²) in [4.78, 5) is 13.2. The standard InChI is InChI=1S/C23H23NO3/c1-23(2)12-17-22(18(25)13-23)21(14-6-4-3-5-7-14)15-10-19-20(11-16(15)24-17)27-9-8-26-19/h3-7,10-11,21,24H,8-9,12-13H2,1-2H3/t21-/m0/s1. The van der Waals surface area contributed by atoms with Crippen molar-refractivity contribution in [2.75, 3.05) is 18.5 Å². The highest BCUT2D eigenvalue weighted by atomic mass is 16.6. The number of allylic oxidation sites excluding steroid dienone is 2. The van der Waals surface area contributed by atoms with Crippen LogP contribution in [0.15, 0.2) is 53.7 Å². The summed E-state index contributed by atoms with van der Waals surface area (Å²) in [6.07, 6.45) is 1.45. The Balaban J connectivity index is 1.72. The molecule has 0 bridgehead atoms. The van der Waals surface area contributed by atoms with Gasteiger partial charge in [0.15, 0.2) is 17.3 Å². The fourth-order valence-corrected chi connectivity index (χ4v) is 4.54. The molecule has 138 valence electrons. The molecule has 1 N–H and O–H groups in total.